The molecule has 29 heavy (non-hydrogen) atoms. The van der Waals surface area contributed by atoms with Gasteiger partial charge in [0, 0.05) is 28.3 Å². The summed E-state index contributed by atoms with van der Waals surface area (Å²) in [6.45, 7) is 6.74. The van der Waals surface area contributed by atoms with Crippen molar-refractivity contribution < 1.29 is 0 Å². The van der Waals surface area contributed by atoms with Crippen LogP contribution in [-0.2, 0) is 0 Å². The first-order valence-corrected chi connectivity index (χ1v) is 13.0. The van der Waals surface area contributed by atoms with E-state index in [9.17, 15) is 0 Å². The van der Waals surface area contributed by atoms with Crippen LogP contribution in [-0.4, -0.2) is 23.0 Å². The molecule has 0 saturated carbocycles. The molecule has 0 bridgehead atoms. The van der Waals surface area contributed by atoms with E-state index >= 15 is 0 Å². The predicted octanol–water partition coefficient (Wildman–Crippen LogP) is 5.17. The Labute approximate surface area is 171 Å². The Morgan fingerprint density at radius 2 is 1.72 bits per heavy atom. The zero-order valence-electron chi connectivity index (χ0n) is 16.8. The maximum Gasteiger partial charge on any atom is 0.134 e. The van der Waals surface area contributed by atoms with Gasteiger partial charge in [-0.15, -0.1) is 5.54 Å². The molecule has 0 spiro atoms. The van der Waals surface area contributed by atoms with Crippen LogP contribution >= 0.6 is 0 Å². The fourth-order valence-electron chi connectivity index (χ4n) is 3.12. The van der Waals surface area contributed by atoms with Crippen molar-refractivity contribution in [3.05, 3.63) is 72.7 Å². The predicted molar refractivity (Wildman–Crippen MR) is 123 cm³/mol. The highest BCUT2D eigenvalue weighted by atomic mass is 28.3. The Morgan fingerprint density at radius 1 is 0.862 bits per heavy atom. The number of pyridine rings is 1. The Morgan fingerprint density at radius 3 is 2.55 bits per heavy atom. The summed E-state index contributed by atoms with van der Waals surface area (Å²) in [6.07, 6.45) is 3.30. The topological polar surface area (TPSA) is 64.7 Å². The van der Waals surface area contributed by atoms with E-state index in [0.29, 0.717) is 5.82 Å². The SMILES string of the molecule is C[Si](C)(C)C#Cc1cccc(-c2ncccc2-c2ccc3ncnc(N)c3c2)c1. The molecule has 0 fully saturated rings. The minimum Gasteiger partial charge on any atom is -0.383 e. The van der Waals surface area contributed by atoms with Gasteiger partial charge in [0.2, 0.25) is 0 Å². The molecule has 4 rings (SSSR count). The van der Waals surface area contributed by atoms with Gasteiger partial charge < -0.3 is 5.73 Å². The van der Waals surface area contributed by atoms with E-state index < -0.39 is 8.07 Å². The third kappa shape index (κ3) is 4.18. The summed E-state index contributed by atoms with van der Waals surface area (Å²) in [5.74, 6) is 3.81. The molecule has 2 aromatic carbocycles. The van der Waals surface area contributed by atoms with Crippen LogP contribution in [0.15, 0.2) is 67.1 Å². The summed E-state index contributed by atoms with van der Waals surface area (Å²) in [7, 11) is -1.43. The zero-order valence-corrected chi connectivity index (χ0v) is 17.8. The molecule has 0 atom stereocenters. The molecule has 2 N–H and O–H groups in total. The van der Waals surface area contributed by atoms with Crippen molar-refractivity contribution in [2.75, 3.05) is 5.73 Å². The number of fused-ring (bicyclic) bond motifs is 1. The second-order valence-corrected chi connectivity index (χ2v) is 12.7. The number of nitrogen functional groups attached to an aromatic ring is 1. The van der Waals surface area contributed by atoms with Crippen LogP contribution < -0.4 is 5.73 Å². The minimum atomic E-state index is -1.43. The first-order chi connectivity index (χ1) is 13.9. The highest BCUT2D eigenvalue weighted by Crippen LogP contribution is 2.32. The summed E-state index contributed by atoms with van der Waals surface area (Å²) in [4.78, 5) is 13.1. The van der Waals surface area contributed by atoms with Crippen molar-refractivity contribution in [2.45, 2.75) is 19.6 Å². The lowest BCUT2D eigenvalue weighted by atomic mass is 9.97. The molecule has 0 aliphatic heterocycles. The van der Waals surface area contributed by atoms with Gasteiger partial charge in [-0.05, 0) is 35.9 Å². The summed E-state index contributed by atoms with van der Waals surface area (Å²) < 4.78 is 0. The van der Waals surface area contributed by atoms with Crippen molar-refractivity contribution in [3.63, 3.8) is 0 Å². The van der Waals surface area contributed by atoms with E-state index in [2.05, 4.69) is 64.3 Å². The molecule has 2 aromatic heterocycles. The number of nitrogens with zero attached hydrogens (tertiary/aromatic N) is 3. The van der Waals surface area contributed by atoms with Crippen LogP contribution in [0.4, 0.5) is 5.82 Å². The van der Waals surface area contributed by atoms with E-state index in [1.807, 2.05) is 42.6 Å². The van der Waals surface area contributed by atoms with E-state index in [-0.39, 0.29) is 0 Å². The third-order valence-electron chi connectivity index (χ3n) is 4.50. The number of hydrogen-bond acceptors (Lipinski definition) is 4. The molecular formula is C24H22N4Si. The Balaban J connectivity index is 1.83. The highest BCUT2D eigenvalue weighted by Gasteiger charge is 2.11. The van der Waals surface area contributed by atoms with E-state index in [4.69, 9.17) is 5.73 Å². The molecule has 0 unspecified atom stereocenters. The minimum absolute atomic E-state index is 0.478. The average molecular weight is 395 g/mol. The lowest BCUT2D eigenvalue weighted by Crippen LogP contribution is -2.16. The van der Waals surface area contributed by atoms with Gasteiger partial charge in [0.15, 0.2) is 0 Å². The molecule has 5 heteroatoms. The van der Waals surface area contributed by atoms with Crippen molar-refractivity contribution in [2.24, 2.45) is 0 Å². The van der Waals surface area contributed by atoms with Crippen LogP contribution in [0.5, 0.6) is 0 Å². The first kappa shape index (κ1) is 18.9. The van der Waals surface area contributed by atoms with Gasteiger partial charge in [0.05, 0.1) is 11.2 Å². The quantitative estimate of drug-likeness (QED) is 0.376. The number of rotatable bonds is 2. The number of anilines is 1. The lowest BCUT2D eigenvalue weighted by Gasteiger charge is -2.11. The maximum atomic E-state index is 6.06. The van der Waals surface area contributed by atoms with Crippen molar-refractivity contribution in [1.82, 2.24) is 15.0 Å². The molecule has 2 heterocycles. The van der Waals surface area contributed by atoms with Gasteiger partial charge in [-0.1, -0.05) is 49.8 Å². The molecule has 0 radical (unpaired) electrons. The van der Waals surface area contributed by atoms with E-state index in [0.717, 1.165) is 38.9 Å². The molecule has 0 aliphatic rings. The third-order valence-corrected chi connectivity index (χ3v) is 5.38. The van der Waals surface area contributed by atoms with Gasteiger partial charge in [-0.3, -0.25) is 4.98 Å². The monoisotopic (exact) mass is 394 g/mol. The first-order valence-electron chi connectivity index (χ1n) is 9.50. The molecular weight excluding hydrogens is 372 g/mol. The van der Waals surface area contributed by atoms with Crippen LogP contribution in [0.1, 0.15) is 5.56 Å². The second kappa shape index (κ2) is 7.49. The number of aromatic nitrogens is 3. The van der Waals surface area contributed by atoms with Crippen molar-refractivity contribution >= 4 is 24.8 Å². The fourth-order valence-corrected chi connectivity index (χ4v) is 3.64. The molecule has 4 nitrogen and oxygen atoms in total. The Bertz CT molecular complexity index is 1260. The Hall–Kier alpha value is -3.49. The fraction of sp³-hybridized carbons (Fsp3) is 0.125. The number of nitrogens with two attached hydrogens (primary N) is 1. The van der Waals surface area contributed by atoms with Gasteiger partial charge in [-0.25, -0.2) is 9.97 Å². The molecule has 142 valence electrons. The standard InChI is InChI=1S/C24H22N4Si/c1-29(2,3)13-11-17-6-4-7-19(14-17)23-20(8-5-12-26-23)18-9-10-22-21(15-18)24(25)28-16-27-22/h4-10,12,14-16H,1-3H3,(H2,25,27,28). The Kier molecular flexibility index (Phi) is 4.87. The summed E-state index contributed by atoms with van der Waals surface area (Å²) in [5.41, 5.74) is 15.4. The summed E-state index contributed by atoms with van der Waals surface area (Å²) in [5, 5.41) is 0.842. The molecule has 0 aliphatic carbocycles. The van der Waals surface area contributed by atoms with Gasteiger partial charge in [-0.2, -0.15) is 0 Å². The lowest BCUT2D eigenvalue weighted by molar-refractivity contribution is 1.23. The smallest absolute Gasteiger partial charge is 0.134 e. The van der Waals surface area contributed by atoms with E-state index in [1.165, 1.54) is 6.33 Å². The number of hydrogen-bond donors (Lipinski definition) is 1. The van der Waals surface area contributed by atoms with Crippen molar-refractivity contribution in [1.29, 1.82) is 0 Å². The van der Waals surface area contributed by atoms with Gasteiger partial charge in [0.1, 0.15) is 20.2 Å². The normalized spacial score (nSPS) is 11.1. The van der Waals surface area contributed by atoms with Crippen LogP contribution in [0.3, 0.4) is 0 Å². The van der Waals surface area contributed by atoms with Crippen molar-refractivity contribution in [3.8, 4) is 33.8 Å². The summed E-state index contributed by atoms with van der Waals surface area (Å²) >= 11 is 0. The van der Waals surface area contributed by atoms with Crippen LogP contribution in [0.25, 0.3) is 33.3 Å². The molecule has 0 amide bonds. The second-order valence-electron chi connectivity index (χ2n) is 7.97. The highest BCUT2D eigenvalue weighted by molar-refractivity contribution is 6.83. The molecule has 4 aromatic rings. The maximum absolute atomic E-state index is 6.06. The average Bonchev–Trinajstić information content (AvgIpc) is 2.72. The van der Waals surface area contributed by atoms with Gasteiger partial charge >= 0.3 is 0 Å². The summed E-state index contributed by atoms with van der Waals surface area (Å²) in [6, 6.07) is 18.3. The zero-order chi connectivity index (χ0) is 20.4. The number of benzene rings is 2. The van der Waals surface area contributed by atoms with Gasteiger partial charge in [0.25, 0.3) is 0 Å². The van der Waals surface area contributed by atoms with Crippen LogP contribution in [0.2, 0.25) is 19.6 Å². The molecule has 0 saturated heterocycles. The largest absolute Gasteiger partial charge is 0.383 e. The van der Waals surface area contributed by atoms with Crippen LogP contribution in [0, 0.1) is 11.5 Å². The van der Waals surface area contributed by atoms with E-state index in [1.54, 1.807) is 0 Å².